The van der Waals surface area contributed by atoms with Crippen LogP contribution in [0.15, 0.2) is 30.3 Å². The second kappa shape index (κ2) is 13.1. The van der Waals surface area contributed by atoms with Crippen molar-refractivity contribution >= 4 is 5.97 Å². The second-order valence-electron chi connectivity index (χ2n) is 9.67. The van der Waals surface area contributed by atoms with E-state index in [0.29, 0.717) is 11.5 Å². The Kier molecular flexibility index (Phi) is 10.8. The molecule has 1 aliphatic rings. The number of benzene rings is 1. The first kappa shape index (κ1) is 23.9. The molecular weight excluding hydrogens is 358 g/mol. The van der Waals surface area contributed by atoms with Crippen LogP contribution in [0.5, 0.6) is 0 Å². The highest BCUT2D eigenvalue weighted by atomic mass is 16.5. The standard InChI is InChI=1S/C26H44NO2/c1-4-5-6-7-8-9-10-16-21-27(2,3)22-24-19-14-15-20-25(24)29-26(28)23-17-12-11-13-18-23/h11-13,17-18,24-25H,4-10,14-16,19-22H2,1-3H3/q+1/t24-,25-/m0/s1. The van der Waals surface area contributed by atoms with Gasteiger partial charge in [-0.3, -0.25) is 0 Å². The maximum Gasteiger partial charge on any atom is 0.338 e. The maximum absolute atomic E-state index is 12.5. The van der Waals surface area contributed by atoms with Crippen LogP contribution in [-0.2, 0) is 4.74 Å². The van der Waals surface area contributed by atoms with Gasteiger partial charge in [-0.1, -0.05) is 70.1 Å². The number of carbonyl (C=O) groups is 1. The largest absolute Gasteiger partial charge is 0.458 e. The van der Waals surface area contributed by atoms with Gasteiger partial charge >= 0.3 is 5.97 Å². The summed E-state index contributed by atoms with van der Waals surface area (Å²) >= 11 is 0. The molecule has 0 amide bonds. The number of carbonyl (C=O) groups excluding carboxylic acids is 1. The molecule has 2 atom stereocenters. The van der Waals surface area contributed by atoms with Crippen LogP contribution in [0, 0.1) is 5.92 Å². The first-order chi connectivity index (χ1) is 14.0. The van der Waals surface area contributed by atoms with Crippen molar-refractivity contribution in [1.29, 1.82) is 0 Å². The third-order valence-electron chi connectivity index (χ3n) is 6.45. The quantitative estimate of drug-likeness (QED) is 0.210. The molecule has 3 nitrogen and oxygen atoms in total. The molecular formula is C26H44NO2+. The zero-order valence-corrected chi connectivity index (χ0v) is 19.2. The molecule has 1 aromatic rings. The number of quaternary nitrogens is 1. The third-order valence-corrected chi connectivity index (χ3v) is 6.45. The van der Waals surface area contributed by atoms with Gasteiger partial charge in [-0.25, -0.2) is 4.79 Å². The predicted molar refractivity (Wildman–Crippen MR) is 122 cm³/mol. The van der Waals surface area contributed by atoms with Crippen molar-refractivity contribution in [2.24, 2.45) is 5.92 Å². The molecule has 0 heterocycles. The molecule has 2 rings (SSSR count). The SMILES string of the molecule is CCCCCCCCCC[N+](C)(C)C[C@@H]1CCCC[C@@H]1OC(=O)c1ccccc1. The van der Waals surface area contributed by atoms with Gasteiger partial charge in [-0.15, -0.1) is 0 Å². The van der Waals surface area contributed by atoms with Gasteiger partial charge in [0.1, 0.15) is 6.10 Å². The van der Waals surface area contributed by atoms with Crippen LogP contribution in [0.1, 0.15) is 94.3 Å². The topological polar surface area (TPSA) is 26.3 Å². The fourth-order valence-electron chi connectivity index (χ4n) is 4.72. The normalized spacial score (nSPS) is 19.8. The summed E-state index contributed by atoms with van der Waals surface area (Å²) in [5.41, 5.74) is 0.671. The molecule has 1 aromatic carbocycles. The van der Waals surface area contributed by atoms with Gasteiger partial charge in [0.2, 0.25) is 0 Å². The van der Waals surface area contributed by atoms with Crippen LogP contribution in [-0.4, -0.2) is 43.7 Å². The molecule has 0 bridgehead atoms. The highest BCUT2D eigenvalue weighted by molar-refractivity contribution is 5.89. The third kappa shape index (κ3) is 9.33. The molecule has 1 saturated carbocycles. The Morgan fingerprint density at radius 2 is 1.55 bits per heavy atom. The average molecular weight is 403 g/mol. The number of unbranched alkanes of at least 4 members (excludes halogenated alkanes) is 7. The summed E-state index contributed by atoms with van der Waals surface area (Å²) in [4.78, 5) is 12.5. The second-order valence-corrected chi connectivity index (χ2v) is 9.67. The van der Waals surface area contributed by atoms with Crippen LogP contribution in [0.4, 0.5) is 0 Å². The van der Waals surface area contributed by atoms with Gasteiger partial charge in [-0.2, -0.15) is 0 Å². The van der Waals surface area contributed by atoms with Gasteiger partial charge in [0, 0.05) is 5.92 Å². The first-order valence-corrected chi connectivity index (χ1v) is 12.1. The van der Waals surface area contributed by atoms with E-state index in [0.717, 1.165) is 17.4 Å². The lowest BCUT2D eigenvalue weighted by Crippen LogP contribution is -2.48. The Labute approximate surface area is 179 Å². The van der Waals surface area contributed by atoms with Gasteiger partial charge in [0.15, 0.2) is 0 Å². The van der Waals surface area contributed by atoms with E-state index in [1.165, 1.54) is 77.2 Å². The number of esters is 1. The predicted octanol–water partition coefficient (Wildman–Crippen LogP) is 6.62. The molecule has 3 heteroatoms. The molecule has 1 fully saturated rings. The van der Waals surface area contributed by atoms with Gasteiger partial charge in [0.25, 0.3) is 0 Å². The Morgan fingerprint density at radius 1 is 0.931 bits per heavy atom. The molecule has 1 aliphatic carbocycles. The van der Waals surface area contributed by atoms with Gasteiger partial charge in [-0.05, 0) is 44.2 Å². The minimum absolute atomic E-state index is 0.0763. The first-order valence-electron chi connectivity index (χ1n) is 12.1. The Balaban J connectivity index is 1.74. The lowest BCUT2D eigenvalue weighted by atomic mass is 9.85. The van der Waals surface area contributed by atoms with E-state index < -0.39 is 0 Å². The molecule has 0 aliphatic heterocycles. The summed E-state index contributed by atoms with van der Waals surface area (Å²) in [6.07, 6.45) is 15.7. The monoisotopic (exact) mass is 402 g/mol. The van der Waals surface area contributed by atoms with Crippen LogP contribution in [0.2, 0.25) is 0 Å². The molecule has 29 heavy (non-hydrogen) atoms. The molecule has 0 saturated heterocycles. The van der Waals surface area contributed by atoms with Crippen molar-refractivity contribution in [3.8, 4) is 0 Å². The van der Waals surface area contributed by atoms with Crippen LogP contribution < -0.4 is 0 Å². The molecule has 0 aromatic heterocycles. The molecule has 0 radical (unpaired) electrons. The summed E-state index contributed by atoms with van der Waals surface area (Å²) < 4.78 is 7.02. The lowest BCUT2D eigenvalue weighted by molar-refractivity contribution is -0.894. The number of nitrogens with zero attached hydrogens (tertiary/aromatic N) is 1. The maximum atomic E-state index is 12.5. The van der Waals surface area contributed by atoms with Crippen molar-refractivity contribution in [1.82, 2.24) is 0 Å². The van der Waals surface area contributed by atoms with Crippen LogP contribution in [0.25, 0.3) is 0 Å². The van der Waals surface area contributed by atoms with E-state index in [1.807, 2.05) is 30.3 Å². The van der Waals surface area contributed by atoms with E-state index in [2.05, 4.69) is 21.0 Å². The fourth-order valence-corrected chi connectivity index (χ4v) is 4.72. The zero-order valence-electron chi connectivity index (χ0n) is 19.2. The highest BCUT2D eigenvalue weighted by Gasteiger charge is 2.33. The smallest absolute Gasteiger partial charge is 0.338 e. The summed E-state index contributed by atoms with van der Waals surface area (Å²) in [6, 6.07) is 9.44. The molecule has 0 spiro atoms. The van der Waals surface area contributed by atoms with E-state index in [9.17, 15) is 4.79 Å². The van der Waals surface area contributed by atoms with E-state index in [1.54, 1.807) is 0 Å². The lowest BCUT2D eigenvalue weighted by Gasteiger charge is -2.38. The number of hydrogen-bond acceptors (Lipinski definition) is 2. The van der Waals surface area contributed by atoms with Crippen molar-refractivity contribution in [2.75, 3.05) is 27.2 Å². The average Bonchev–Trinajstić information content (AvgIpc) is 2.72. The minimum atomic E-state index is -0.157. The van der Waals surface area contributed by atoms with Gasteiger partial charge in [0.05, 0.1) is 32.7 Å². The number of hydrogen-bond donors (Lipinski definition) is 0. The minimum Gasteiger partial charge on any atom is -0.458 e. The Hall–Kier alpha value is -1.35. The van der Waals surface area contributed by atoms with Crippen LogP contribution >= 0.6 is 0 Å². The van der Waals surface area contributed by atoms with Crippen molar-refractivity contribution in [3.63, 3.8) is 0 Å². The summed E-state index contributed by atoms with van der Waals surface area (Å²) in [7, 11) is 4.71. The molecule has 164 valence electrons. The summed E-state index contributed by atoms with van der Waals surface area (Å²) in [5, 5.41) is 0. The highest BCUT2D eigenvalue weighted by Crippen LogP contribution is 2.29. The van der Waals surface area contributed by atoms with Crippen LogP contribution in [0.3, 0.4) is 0 Å². The fraction of sp³-hybridized carbons (Fsp3) is 0.731. The van der Waals surface area contributed by atoms with E-state index >= 15 is 0 Å². The van der Waals surface area contributed by atoms with E-state index in [-0.39, 0.29) is 12.1 Å². The summed E-state index contributed by atoms with van der Waals surface area (Å²) in [6.45, 7) is 4.62. The molecule has 0 N–H and O–H groups in total. The van der Waals surface area contributed by atoms with Crippen molar-refractivity contribution in [3.05, 3.63) is 35.9 Å². The van der Waals surface area contributed by atoms with Gasteiger partial charge < -0.3 is 9.22 Å². The zero-order chi connectivity index (χ0) is 21.0. The van der Waals surface area contributed by atoms with Crippen molar-refractivity contribution < 1.29 is 14.0 Å². The van der Waals surface area contributed by atoms with E-state index in [4.69, 9.17) is 4.74 Å². The Morgan fingerprint density at radius 3 is 2.24 bits per heavy atom. The Bertz CT molecular complexity index is 569. The number of ether oxygens (including phenoxy) is 1. The summed E-state index contributed by atoms with van der Waals surface area (Å²) in [5.74, 6) is 0.330. The molecule has 0 unspecified atom stereocenters. The number of rotatable bonds is 13. The van der Waals surface area contributed by atoms with Crippen molar-refractivity contribution in [2.45, 2.75) is 90.1 Å².